The Morgan fingerprint density at radius 1 is 1.55 bits per heavy atom. The van der Waals surface area contributed by atoms with E-state index in [0.717, 1.165) is 5.75 Å². The van der Waals surface area contributed by atoms with Gasteiger partial charge in [-0.2, -0.15) is 27.0 Å². The lowest BCUT2D eigenvalue weighted by Gasteiger charge is -2.05. The Morgan fingerprint density at radius 3 is 3.00 bits per heavy atom. The number of nitriles is 1. The SMILES string of the molecule is CN=C(NC#N)NCCSCc1noc(N=C(N)N)n1. The van der Waals surface area contributed by atoms with Crippen LogP contribution in [0.1, 0.15) is 5.82 Å². The minimum atomic E-state index is -0.131. The zero-order chi connectivity index (χ0) is 14.8. The number of rotatable bonds is 6. The van der Waals surface area contributed by atoms with Gasteiger partial charge in [0.2, 0.25) is 5.96 Å². The van der Waals surface area contributed by atoms with Gasteiger partial charge in [-0.15, -0.1) is 0 Å². The highest BCUT2D eigenvalue weighted by Gasteiger charge is 2.05. The van der Waals surface area contributed by atoms with Crippen molar-refractivity contribution in [2.75, 3.05) is 19.3 Å². The molecule has 0 saturated carbocycles. The fourth-order valence-corrected chi connectivity index (χ4v) is 1.79. The number of aromatic nitrogens is 2. The average Bonchev–Trinajstić information content (AvgIpc) is 2.83. The summed E-state index contributed by atoms with van der Waals surface area (Å²) >= 11 is 1.58. The van der Waals surface area contributed by atoms with Crippen molar-refractivity contribution < 1.29 is 4.52 Å². The molecule has 0 unspecified atom stereocenters. The molecule has 0 aliphatic heterocycles. The van der Waals surface area contributed by atoms with E-state index in [2.05, 4.69) is 30.8 Å². The number of aliphatic imine (C=N–C) groups is 2. The van der Waals surface area contributed by atoms with Crippen LogP contribution in [0.4, 0.5) is 6.01 Å². The smallest absolute Gasteiger partial charge is 0.350 e. The highest BCUT2D eigenvalue weighted by atomic mass is 32.2. The third kappa shape index (κ3) is 5.91. The molecule has 11 heteroatoms. The summed E-state index contributed by atoms with van der Waals surface area (Å²) in [5.74, 6) is 2.15. The Hall–Kier alpha value is -2.48. The zero-order valence-electron chi connectivity index (χ0n) is 10.8. The summed E-state index contributed by atoms with van der Waals surface area (Å²) in [5, 5.41) is 17.5. The van der Waals surface area contributed by atoms with E-state index in [1.807, 2.05) is 0 Å². The van der Waals surface area contributed by atoms with Gasteiger partial charge in [0.15, 0.2) is 18.0 Å². The summed E-state index contributed by atoms with van der Waals surface area (Å²) in [4.78, 5) is 11.5. The van der Waals surface area contributed by atoms with Gasteiger partial charge < -0.3 is 21.3 Å². The van der Waals surface area contributed by atoms with Gasteiger partial charge in [-0.25, -0.2) is 0 Å². The zero-order valence-corrected chi connectivity index (χ0v) is 11.6. The molecule has 6 N–H and O–H groups in total. The molecule has 1 aromatic heterocycles. The van der Waals surface area contributed by atoms with Crippen LogP contribution in [0.5, 0.6) is 0 Å². The van der Waals surface area contributed by atoms with E-state index in [1.165, 1.54) is 0 Å². The molecule has 1 aromatic rings. The van der Waals surface area contributed by atoms with E-state index in [4.69, 9.17) is 21.3 Å². The molecular formula is C9H15N9OS. The lowest BCUT2D eigenvalue weighted by atomic mass is 10.7. The molecule has 0 aliphatic rings. The number of nitrogens with zero attached hydrogens (tertiary/aromatic N) is 5. The predicted octanol–water partition coefficient (Wildman–Crippen LogP) is -1.15. The van der Waals surface area contributed by atoms with Crippen LogP contribution >= 0.6 is 11.8 Å². The fraction of sp³-hybridized carbons (Fsp3) is 0.444. The van der Waals surface area contributed by atoms with Crippen LogP contribution in [0, 0.1) is 11.5 Å². The Kier molecular flexibility index (Phi) is 6.69. The quantitative estimate of drug-likeness (QED) is 0.167. The maximum atomic E-state index is 8.44. The molecule has 108 valence electrons. The highest BCUT2D eigenvalue weighted by molar-refractivity contribution is 7.98. The van der Waals surface area contributed by atoms with Crippen molar-refractivity contribution in [2.24, 2.45) is 21.5 Å². The summed E-state index contributed by atoms with van der Waals surface area (Å²) in [6.45, 7) is 0.643. The molecule has 0 saturated heterocycles. The minimum absolute atomic E-state index is 0.0392. The summed E-state index contributed by atoms with van der Waals surface area (Å²) in [6, 6.07) is 0.0392. The van der Waals surface area contributed by atoms with Crippen molar-refractivity contribution in [2.45, 2.75) is 5.75 Å². The summed E-state index contributed by atoms with van der Waals surface area (Å²) in [7, 11) is 1.59. The van der Waals surface area contributed by atoms with E-state index in [-0.39, 0.29) is 12.0 Å². The molecule has 0 fully saturated rings. The number of thioether (sulfide) groups is 1. The first-order valence-corrected chi connectivity index (χ1v) is 6.67. The molecule has 20 heavy (non-hydrogen) atoms. The summed E-state index contributed by atoms with van der Waals surface area (Å²) in [6.07, 6.45) is 1.79. The number of guanidine groups is 2. The van der Waals surface area contributed by atoms with Gasteiger partial charge in [-0.1, -0.05) is 5.16 Å². The summed E-state index contributed by atoms with van der Waals surface area (Å²) < 4.78 is 4.82. The predicted molar refractivity (Wildman–Crippen MR) is 76.0 cm³/mol. The molecule has 0 amide bonds. The number of hydrogen-bond acceptors (Lipinski definition) is 7. The Balaban J connectivity index is 2.23. The van der Waals surface area contributed by atoms with Gasteiger partial charge in [0.25, 0.3) is 0 Å². The first-order valence-electron chi connectivity index (χ1n) is 5.51. The second-order valence-electron chi connectivity index (χ2n) is 3.32. The highest BCUT2D eigenvalue weighted by Crippen LogP contribution is 2.12. The van der Waals surface area contributed by atoms with E-state index in [1.54, 1.807) is 25.0 Å². The number of nitrogens with one attached hydrogen (secondary N) is 2. The van der Waals surface area contributed by atoms with Gasteiger partial charge in [0.1, 0.15) is 0 Å². The normalized spacial score (nSPS) is 10.7. The van der Waals surface area contributed by atoms with Crippen molar-refractivity contribution in [3.63, 3.8) is 0 Å². The summed E-state index contributed by atoms with van der Waals surface area (Å²) in [5.41, 5.74) is 10.4. The van der Waals surface area contributed by atoms with Gasteiger partial charge >= 0.3 is 6.01 Å². The molecule has 0 spiro atoms. The van der Waals surface area contributed by atoms with Gasteiger partial charge in [0.05, 0.1) is 5.75 Å². The monoisotopic (exact) mass is 297 g/mol. The Morgan fingerprint density at radius 2 is 2.35 bits per heavy atom. The van der Waals surface area contributed by atoms with Crippen LogP contribution in [-0.4, -0.2) is 41.4 Å². The fourth-order valence-electron chi connectivity index (χ4n) is 1.10. The second kappa shape index (κ2) is 8.59. The average molecular weight is 297 g/mol. The van der Waals surface area contributed by atoms with E-state index in [0.29, 0.717) is 24.1 Å². The largest absolute Gasteiger partial charge is 0.370 e. The lowest BCUT2D eigenvalue weighted by Crippen LogP contribution is -2.35. The maximum absolute atomic E-state index is 8.44. The van der Waals surface area contributed by atoms with Crippen molar-refractivity contribution in [3.8, 4) is 6.19 Å². The van der Waals surface area contributed by atoms with Crippen LogP contribution in [0.3, 0.4) is 0 Å². The molecule has 1 heterocycles. The van der Waals surface area contributed by atoms with Crippen molar-refractivity contribution >= 4 is 29.7 Å². The van der Waals surface area contributed by atoms with Crippen LogP contribution in [0.15, 0.2) is 14.5 Å². The number of nitrogens with two attached hydrogens (primary N) is 2. The lowest BCUT2D eigenvalue weighted by molar-refractivity contribution is 0.423. The molecular weight excluding hydrogens is 282 g/mol. The molecule has 0 aromatic carbocycles. The van der Waals surface area contributed by atoms with Crippen molar-refractivity contribution in [3.05, 3.63) is 5.82 Å². The number of hydrogen-bond donors (Lipinski definition) is 4. The van der Waals surface area contributed by atoms with E-state index >= 15 is 0 Å². The van der Waals surface area contributed by atoms with Gasteiger partial charge in [-0.3, -0.25) is 10.3 Å². The Bertz CT molecular complexity index is 514. The van der Waals surface area contributed by atoms with E-state index in [9.17, 15) is 0 Å². The first kappa shape index (κ1) is 15.6. The van der Waals surface area contributed by atoms with Gasteiger partial charge in [-0.05, 0) is 0 Å². The van der Waals surface area contributed by atoms with Gasteiger partial charge in [0, 0.05) is 19.3 Å². The molecule has 0 radical (unpaired) electrons. The molecule has 0 aliphatic carbocycles. The molecule has 10 nitrogen and oxygen atoms in total. The van der Waals surface area contributed by atoms with Crippen LogP contribution in [-0.2, 0) is 5.75 Å². The minimum Gasteiger partial charge on any atom is -0.370 e. The van der Waals surface area contributed by atoms with Crippen LogP contribution in [0.25, 0.3) is 0 Å². The van der Waals surface area contributed by atoms with Crippen LogP contribution < -0.4 is 22.1 Å². The standard InChI is InChI=1S/C9H15N9OS/c1-13-8(15-5-10)14-2-3-20-4-6-16-9(19-18-6)17-7(11)12/h2-4H2,1H3,(H2,13,14,15)(H4,11,12,16,17,18). The third-order valence-electron chi connectivity index (χ3n) is 1.85. The van der Waals surface area contributed by atoms with Crippen molar-refractivity contribution in [1.82, 2.24) is 20.8 Å². The third-order valence-corrected chi connectivity index (χ3v) is 2.81. The molecule has 1 rings (SSSR count). The maximum Gasteiger partial charge on any atom is 0.350 e. The molecule has 0 bridgehead atoms. The van der Waals surface area contributed by atoms with Crippen LogP contribution in [0.2, 0.25) is 0 Å². The first-order chi connectivity index (χ1) is 9.65. The molecule has 0 atom stereocenters. The van der Waals surface area contributed by atoms with Crippen molar-refractivity contribution in [1.29, 1.82) is 5.26 Å². The Labute approximate surface area is 119 Å². The second-order valence-corrected chi connectivity index (χ2v) is 4.42. The topological polar surface area (TPSA) is 164 Å². The van der Waals surface area contributed by atoms with E-state index < -0.39 is 0 Å².